The summed E-state index contributed by atoms with van der Waals surface area (Å²) in [6.07, 6.45) is 1.46. The minimum atomic E-state index is -0.229. The van der Waals surface area contributed by atoms with Crippen LogP contribution in [0.1, 0.15) is 30.9 Å². The summed E-state index contributed by atoms with van der Waals surface area (Å²) in [5.74, 6) is 0.959. The van der Waals surface area contributed by atoms with Gasteiger partial charge in [0.05, 0.1) is 12.7 Å². The van der Waals surface area contributed by atoms with Crippen LogP contribution in [0.5, 0.6) is 5.75 Å². The first-order valence-corrected chi connectivity index (χ1v) is 5.48. The van der Waals surface area contributed by atoms with Gasteiger partial charge in [0, 0.05) is 0 Å². The quantitative estimate of drug-likeness (QED) is 0.754. The summed E-state index contributed by atoms with van der Waals surface area (Å²) in [6.45, 7) is 6.63. The lowest BCUT2D eigenvalue weighted by atomic mass is 10.1. The lowest BCUT2D eigenvalue weighted by Gasteiger charge is -2.11. The minimum Gasteiger partial charge on any atom is -0.493 e. The van der Waals surface area contributed by atoms with Crippen molar-refractivity contribution in [3.63, 3.8) is 0 Å². The molecule has 1 N–H and O–H groups in total. The summed E-state index contributed by atoms with van der Waals surface area (Å²) in [7, 11) is 0. The molecule has 0 bridgehead atoms. The lowest BCUT2D eigenvalue weighted by Crippen LogP contribution is -2.05. The highest BCUT2D eigenvalue weighted by molar-refractivity contribution is 5.38. The molecule has 0 spiro atoms. The van der Waals surface area contributed by atoms with Gasteiger partial charge in [-0.3, -0.25) is 0 Å². The average Bonchev–Trinajstić information content (AvgIpc) is 2.18. The second-order valence-electron chi connectivity index (χ2n) is 4.04. The summed E-state index contributed by atoms with van der Waals surface area (Å²) in [6, 6.07) is 6.08. The Morgan fingerprint density at radius 3 is 2.73 bits per heavy atom. The molecule has 1 aromatic rings. The Morgan fingerprint density at radius 1 is 1.33 bits per heavy atom. The Labute approximate surface area is 91.9 Å². The van der Waals surface area contributed by atoms with Crippen molar-refractivity contribution in [2.24, 2.45) is 0 Å². The van der Waals surface area contributed by atoms with E-state index in [-0.39, 0.29) is 6.10 Å². The van der Waals surface area contributed by atoms with Crippen LogP contribution < -0.4 is 4.74 Å². The van der Waals surface area contributed by atoms with Crippen molar-refractivity contribution in [1.82, 2.24) is 0 Å². The van der Waals surface area contributed by atoms with Gasteiger partial charge in [-0.1, -0.05) is 12.1 Å². The maximum atomic E-state index is 9.09. The van der Waals surface area contributed by atoms with Crippen molar-refractivity contribution >= 4 is 0 Å². The van der Waals surface area contributed by atoms with Gasteiger partial charge in [-0.05, 0) is 50.8 Å². The van der Waals surface area contributed by atoms with Gasteiger partial charge in [0.2, 0.25) is 0 Å². The highest BCUT2D eigenvalue weighted by Gasteiger charge is 2.01. The second-order valence-corrected chi connectivity index (χ2v) is 4.04. The largest absolute Gasteiger partial charge is 0.493 e. The summed E-state index contributed by atoms with van der Waals surface area (Å²) < 4.78 is 5.66. The molecule has 1 rings (SSSR count). The number of aliphatic hydroxyl groups is 1. The Kier molecular flexibility index (Phi) is 4.63. The molecule has 15 heavy (non-hydrogen) atoms. The van der Waals surface area contributed by atoms with Crippen LogP contribution in [-0.4, -0.2) is 17.8 Å². The van der Waals surface area contributed by atoms with E-state index in [1.165, 1.54) is 11.1 Å². The molecular formula is C13H20O2. The third kappa shape index (κ3) is 3.92. The van der Waals surface area contributed by atoms with E-state index < -0.39 is 0 Å². The number of hydrogen-bond donors (Lipinski definition) is 1. The first-order valence-electron chi connectivity index (χ1n) is 5.48. The SMILES string of the molecule is Cc1cccc(OCCCC(C)O)c1C. The molecule has 0 aliphatic carbocycles. The van der Waals surface area contributed by atoms with Gasteiger partial charge in [-0.25, -0.2) is 0 Å². The predicted octanol–water partition coefficient (Wildman–Crippen LogP) is 2.84. The zero-order chi connectivity index (χ0) is 11.3. The number of ether oxygens (including phenoxy) is 1. The van der Waals surface area contributed by atoms with Gasteiger partial charge in [0.25, 0.3) is 0 Å². The van der Waals surface area contributed by atoms with Crippen molar-refractivity contribution in [2.45, 2.75) is 39.7 Å². The predicted molar refractivity (Wildman–Crippen MR) is 62.3 cm³/mol. The molecule has 0 amide bonds. The molecule has 0 saturated heterocycles. The van der Waals surface area contributed by atoms with Crippen LogP contribution in [-0.2, 0) is 0 Å². The van der Waals surface area contributed by atoms with Crippen molar-refractivity contribution in [2.75, 3.05) is 6.61 Å². The van der Waals surface area contributed by atoms with E-state index in [2.05, 4.69) is 19.9 Å². The van der Waals surface area contributed by atoms with Crippen LogP contribution in [0.3, 0.4) is 0 Å². The molecule has 0 heterocycles. The van der Waals surface area contributed by atoms with Gasteiger partial charge < -0.3 is 9.84 Å². The highest BCUT2D eigenvalue weighted by atomic mass is 16.5. The number of hydrogen-bond acceptors (Lipinski definition) is 2. The molecule has 1 atom stereocenters. The minimum absolute atomic E-state index is 0.229. The van der Waals surface area contributed by atoms with E-state index in [0.29, 0.717) is 6.61 Å². The normalized spacial score (nSPS) is 12.5. The highest BCUT2D eigenvalue weighted by Crippen LogP contribution is 2.20. The van der Waals surface area contributed by atoms with Crippen molar-refractivity contribution in [1.29, 1.82) is 0 Å². The van der Waals surface area contributed by atoms with Crippen LogP contribution in [0.25, 0.3) is 0 Å². The monoisotopic (exact) mass is 208 g/mol. The van der Waals surface area contributed by atoms with E-state index in [1.807, 2.05) is 12.1 Å². The van der Waals surface area contributed by atoms with Gasteiger partial charge in [0.15, 0.2) is 0 Å². The molecule has 2 nitrogen and oxygen atoms in total. The van der Waals surface area contributed by atoms with Gasteiger partial charge in [-0.15, -0.1) is 0 Å². The van der Waals surface area contributed by atoms with E-state index in [1.54, 1.807) is 6.92 Å². The van der Waals surface area contributed by atoms with Crippen LogP contribution >= 0.6 is 0 Å². The molecule has 0 radical (unpaired) electrons. The maximum Gasteiger partial charge on any atom is 0.122 e. The molecule has 0 saturated carbocycles. The van der Waals surface area contributed by atoms with Gasteiger partial charge in [0.1, 0.15) is 5.75 Å². The van der Waals surface area contributed by atoms with Crippen LogP contribution in [0.15, 0.2) is 18.2 Å². The van der Waals surface area contributed by atoms with Crippen molar-refractivity contribution in [3.05, 3.63) is 29.3 Å². The van der Waals surface area contributed by atoms with E-state index in [0.717, 1.165) is 18.6 Å². The summed E-state index contributed by atoms with van der Waals surface area (Å²) in [5, 5.41) is 9.09. The van der Waals surface area contributed by atoms with E-state index in [4.69, 9.17) is 9.84 Å². The molecule has 0 aliphatic rings. The lowest BCUT2D eigenvalue weighted by molar-refractivity contribution is 0.170. The Bertz CT molecular complexity index is 305. The average molecular weight is 208 g/mol. The maximum absolute atomic E-state index is 9.09. The number of aliphatic hydroxyl groups excluding tert-OH is 1. The number of benzene rings is 1. The Hall–Kier alpha value is -1.02. The van der Waals surface area contributed by atoms with Crippen LogP contribution in [0.2, 0.25) is 0 Å². The Morgan fingerprint density at radius 2 is 2.07 bits per heavy atom. The molecule has 84 valence electrons. The Balaban J connectivity index is 2.41. The third-order valence-electron chi connectivity index (χ3n) is 2.58. The molecule has 1 aromatic carbocycles. The van der Waals surface area contributed by atoms with Crippen molar-refractivity contribution in [3.8, 4) is 5.75 Å². The zero-order valence-electron chi connectivity index (χ0n) is 9.79. The topological polar surface area (TPSA) is 29.5 Å². The fourth-order valence-corrected chi connectivity index (χ4v) is 1.44. The van der Waals surface area contributed by atoms with E-state index >= 15 is 0 Å². The van der Waals surface area contributed by atoms with Crippen molar-refractivity contribution < 1.29 is 9.84 Å². The molecule has 1 unspecified atom stereocenters. The molecule has 0 aliphatic heterocycles. The zero-order valence-corrected chi connectivity index (χ0v) is 9.79. The summed E-state index contributed by atoms with van der Waals surface area (Å²) in [4.78, 5) is 0. The number of aryl methyl sites for hydroxylation is 1. The molecule has 0 fully saturated rings. The van der Waals surface area contributed by atoms with Gasteiger partial charge in [-0.2, -0.15) is 0 Å². The molecule has 0 aromatic heterocycles. The summed E-state index contributed by atoms with van der Waals surface area (Å²) >= 11 is 0. The van der Waals surface area contributed by atoms with Crippen LogP contribution in [0, 0.1) is 13.8 Å². The van der Waals surface area contributed by atoms with Crippen LogP contribution in [0.4, 0.5) is 0 Å². The smallest absolute Gasteiger partial charge is 0.122 e. The molecular weight excluding hydrogens is 188 g/mol. The van der Waals surface area contributed by atoms with E-state index in [9.17, 15) is 0 Å². The third-order valence-corrected chi connectivity index (χ3v) is 2.58. The molecule has 2 heteroatoms. The first kappa shape index (κ1) is 12.1. The fourth-order valence-electron chi connectivity index (χ4n) is 1.44. The first-order chi connectivity index (χ1) is 7.11. The van der Waals surface area contributed by atoms with Gasteiger partial charge >= 0.3 is 0 Å². The second kappa shape index (κ2) is 5.76. The number of rotatable bonds is 5. The fraction of sp³-hybridized carbons (Fsp3) is 0.538. The standard InChI is InChI=1S/C13H20O2/c1-10-6-4-8-13(12(10)3)15-9-5-7-11(2)14/h4,6,8,11,14H,5,7,9H2,1-3H3. The summed E-state index contributed by atoms with van der Waals surface area (Å²) in [5.41, 5.74) is 2.46.